The molecule has 0 aliphatic heterocycles. The zero-order chi connectivity index (χ0) is 8.48. The van der Waals surface area contributed by atoms with Gasteiger partial charge in [-0.05, 0) is 19.1 Å². The summed E-state index contributed by atoms with van der Waals surface area (Å²) in [6, 6.07) is 0. The largest absolute Gasteiger partial charge is 0.263 e. The molecule has 1 N–H and O–H groups in total. The highest BCUT2D eigenvalue weighted by atomic mass is 32.2. The molecule has 1 aromatic heterocycles. The third-order valence-electron chi connectivity index (χ3n) is 1.13. The fourth-order valence-electron chi connectivity index (χ4n) is 0.564. The number of rotatable bonds is 2. The zero-order valence-corrected chi connectivity index (χ0v) is 6.84. The summed E-state index contributed by atoms with van der Waals surface area (Å²) in [5, 5.41) is 6.38. The molecule has 1 aromatic rings. The van der Waals surface area contributed by atoms with E-state index in [4.69, 9.17) is 0 Å². The molecule has 0 fully saturated rings. The first-order valence-electron chi connectivity index (χ1n) is 2.80. The van der Waals surface area contributed by atoms with Gasteiger partial charge in [0, 0.05) is 0 Å². The van der Waals surface area contributed by atoms with Gasteiger partial charge in [0.15, 0.2) is 0 Å². The van der Waals surface area contributed by atoms with E-state index in [2.05, 4.69) is 19.7 Å². The Hall–Kier alpha value is -0.950. The molecule has 6 nitrogen and oxygen atoms in total. The molecule has 0 radical (unpaired) electrons. The molecule has 0 aliphatic carbocycles. The fourth-order valence-corrected chi connectivity index (χ4v) is 1.32. The van der Waals surface area contributed by atoms with E-state index in [1.807, 2.05) is 0 Å². The molecule has 62 valence electrons. The molecular weight excluding hydrogens is 170 g/mol. The second-order valence-electron chi connectivity index (χ2n) is 1.86. The third kappa shape index (κ3) is 1.38. The molecule has 0 spiro atoms. The van der Waals surface area contributed by atoms with Crippen LogP contribution in [0.15, 0.2) is 9.65 Å². The average molecular weight is 177 g/mol. The fraction of sp³-hybridized carbons (Fsp3) is 0.500. The van der Waals surface area contributed by atoms with Crippen LogP contribution in [-0.2, 0) is 10.0 Å². The third-order valence-corrected chi connectivity index (χ3v) is 2.55. The molecule has 0 aromatic carbocycles. The quantitative estimate of drug-likeness (QED) is 0.644. The summed E-state index contributed by atoms with van der Waals surface area (Å²) in [6.07, 6.45) is 0. The van der Waals surface area contributed by atoms with Crippen molar-refractivity contribution < 1.29 is 13.0 Å². The van der Waals surface area contributed by atoms with Crippen LogP contribution in [0.1, 0.15) is 5.69 Å². The second kappa shape index (κ2) is 2.59. The topological polar surface area (TPSA) is 85.1 Å². The molecule has 1 heterocycles. The van der Waals surface area contributed by atoms with Crippen molar-refractivity contribution in [2.45, 2.75) is 11.9 Å². The normalized spacial score (nSPS) is 11.8. The van der Waals surface area contributed by atoms with Crippen molar-refractivity contribution in [3.05, 3.63) is 5.69 Å². The van der Waals surface area contributed by atoms with Crippen LogP contribution in [0.4, 0.5) is 0 Å². The highest BCUT2D eigenvalue weighted by Crippen LogP contribution is 2.06. The van der Waals surface area contributed by atoms with Gasteiger partial charge in [0.25, 0.3) is 10.0 Å². The number of nitrogens with zero attached hydrogens (tertiary/aromatic N) is 2. The van der Waals surface area contributed by atoms with Crippen molar-refractivity contribution in [2.75, 3.05) is 7.05 Å². The van der Waals surface area contributed by atoms with E-state index in [1.54, 1.807) is 0 Å². The van der Waals surface area contributed by atoms with Crippen molar-refractivity contribution in [1.82, 2.24) is 15.0 Å². The minimum Gasteiger partial charge on any atom is -0.243 e. The number of aryl methyl sites for hydroxylation is 1. The highest BCUT2D eigenvalue weighted by molar-refractivity contribution is 7.89. The van der Waals surface area contributed by atoms with Crippen molar-refractivity contribution in [2.24, 2.45) is 0 Å². The maximum absolute atomic E-state index is 11.0. The van der Waals surface area contributed by atoms with Gasteiger partial charge in [0.1, 0.15) is 5.69 Å². The van der Waals surface area contributed by atoms with Crippen molar-refractivity contribution in [3.8, 4) is 0 Å². The van der Waals surface area contributed by atoms with Gasteiger partial charge in [0.05, 0.1) is 0 Å². The Morgan fingerprint density at radius 3 is 2.45 bits per heavy atom. The summed E-state index contributed by atoms with van der Waals surface area (Å²) in [5.74, 6) is 0. The Labute approximate surface area is 63.6 Å². The number of sulfonamides is 1. The molecule has 0 unspecified atom stereocenters. The number of hydrogen-bond donors (Lipinski definition) is 1. The molecule has 0 aliphatic rings. The van der Waals surface area contributed by atoms with Crippen LogP contribution in [0.3, 0.4) is 0 Å². The molecule has 0 amide bonds. The van der Waals surface area contributed by atoms with Crippen LogP contribution in [0.2, 0.25) is 0 Å². The molecule has 1 rings (SSSR count). The van der Waals surface area contributed by atoms with Crippen molar-refractivity contribution >= 4 is 10.0 Å². The van der Waals surface area contributed by atoms with Gasteiger partial charge in [0.2, 0.25) is 5.03 Å². The Balaban J connectivity index is 3.22. The summed E-state index contributed by atoms with van der Waals surface area (Å²) >= 11 is 0. The second-order valence-corrected chi connectivity index (χ2v) is 3.66. The van der Waals surface area contributed by atoms with E-state index in [9.17, 15) is 8.42 Å². The number of aromatic nitrogens is 2. The summed E-state index contributed by atoms with van der Waals surface area (Å²) < 4.78 is 28.3. The van der Waals surface area contributed by atoms with Crippen LogP contribution in [0, 0.1) is 6.92 Å². The molecule has 11 heavy (non-hydrogen) atoms. The van der Waals surface area contributed by atoms with Gasteiger partial charge in [-0.3, -0.25) is 0 Å². The summed E-state index contributed by atoms with van der Waals surface area (Å²) in [7, 11) is -2.21. The van der Waals surface area contributed by atoms with Crippen LogP contribution in [0.5, 0.6) is 0 Å². The Morgan fingerprint density at radius 2 is 2.09 bits per heavy atom. The molecule has 0 atom stereocenters. The molecule has 0 bridgehead atoms. The van der Waals surface area contributed by atoms with Gasteiger partial charge < -0.3 is 0 Å². The standard InChI is InChI=1S/C4H7N3O3S/c1-3-4(7-10-6-3)11(8,9)5-2/h5H,1-2H3. The smallest absolute Gasteiger partial charge is 0.243 e. The first kappa shape index (κ1) is 8.15. The predicted molar refractivity (Wildman–Crippen MR) is 35.3 cm³/mol. The van der Waals surface area contributed by atoms with Crippen LogP contribution >= 0.6 is 0 Å². The van der Waals surface area contributed by atoms with Gasteiger partial charge in [-0.1, -0.05) is 5.16 Å². The maximum Gasteiger partial charge on any atom is 0.263 e. The average Bonchev–Trinajstić information content (AvgIpc) is 2.36. The summed E-state index contributed by atoms with van der Waals surface area (Å²) in [4.78, 5) is 0. The Kier molecular flexibility index (Phi) is 1.92. The predicted octanol–water partition coefficient (Wildman–Crippen LogP) is -0.714. The first-order chi connectivity index (χ1) is 5.08. The molecule has 0 saturated carbocycles. The van der Waals surface area contributed by atoms with E-state index in [0.29, 0.717) is 0 Å². The van der Waals surface area contributed by atoms with Crippen LogP contribution in [-0.4, -0.2) is 25.8 Å². The van der Waals surface area contributed by atoms with E-state index < -0.39 is 10.0 Å². The van der Waals surface area contributed by atoms with Gasteiger partial charge >= 0.3 is 0 Å². The minimum atomic E-state index is -3.50. The van der Waals surface area contributed by atoms with E-state index in [0.717, 1.165) is 0 Å². The Morgan fingerprint density at radius 1 is 1.45 bits per heavy atom. The SMILES string of the molecule is CNS(=O)(=O)c1nonc1C. The van der Waals surface area contributed by atoms with Gasteiger partial charge in [-0.25, -0.2) is 17.8 Å². The Bertz CT molecular complexity index is 341. The number of hydrogen-bond acceptors (Lipinski definition) is 5. The molecule has 0 saturated heterocycles. The number of nitrogens with one attached hydrogen (secondary N) is 1. The van der Waals surface area contributed by atoms with E-state index >= 15 is 0 Å². The van der Waals surface area contributed by atoms with Crippen molar-refractivity contribution in [1.29, 1.82) is 0 Å². The maximum atomic E-state index is 11.0. The first-order valence-corrected chi connectivity index (χ1v) is 4.29. The summed E-state index contributed by atoms with van der Waals surface area (Å²) in [5.41, 5.74) is 0.249. The lowest BCUT2D eigenvalue weighted by Crippen LogP contribution is -2.19. The highest BCUT2D eigenvalue weighted by Gasteiger charge is 2.19. The lowest BCUT2D eigenvalue weighted by atomic mass is 10.6. The van der Waals surface area contributed by atoms with Crippen molar-refractivity contribution in [3.63, 3.8) is 0 Å². The van der Waals surface area contributed by atoms with Crippen LogP contribution < -0.4 is 4.72 Å². The molecule has 7 heteroatoms. The zero-order valence-electron chi connectivity index (χ0n) is 6.03. The lowest BCUT2D eigenvalue weighted by Gasteiger charge is -1.94. The van der Waals surface area contributed by atoms with Gasteiger partial charge in [-0.15, -0.1) is 0 Å². The summed E-state index contributed by atoms with van der Waals surface area (Å²) in [6.45, 7) is 1.50. The van der Waals surface area contributed by atoms with E-state index in [-0.39, 0.29) is 10.7 Å². The lowest BCUT2D eigenvalue weighted by molar-refractivity contribution is 0.295. The van der Waals surface area contributed by atoms with Gasteiger partial charge in [-0.2, -0.15) is 0 Å². The minimum absolute atomic E-state index is 0.167. The monoisotopic (exact) mass is 177 g/mol. The van der Waals surface area contributed by atoms with Crippen LogP contribution in [0.25, 0.3) is 0 Å². The van der Waals surface area contributed by atoms with E-state index in [1.165, 1.54) is 14.0 Å². The molecular formula is C4H7N3O3S.